The summed E-state index contributed by atoms with van der Waals surface area (Å²) in [6, 6.07) is 0. The highest BCUT2D eigenvalue weighted by Gasteiger charge is 2.49. The number of aliphatic hydroxyl groups excluding tert-OH is 2. The van der Waals surface area contributed by atoms with Crippen molar-refractivity contribution >= 4 is 0 Å². The molecule has 0 heterocycles. The highest BCUT2D eigenvalue weighted by atomic mass is 16.3. The first-order chi connectivity index (χ1) is 5.54. The van der Waals surface area contributed by atoms with Gasteiger partial charge in [-0.25, -0.2) is 0 Å². The number of rotatable bonds is 3. The third kappa shape index (κ3) is 1.38. The molecule has 0 amide bonds. The fourth-order valence-electron chi connectivity index (χ4n) is 2.46. The molecule has 0 spiro atoms. The first-order valence-electron chi connectivity index (χ1n) is 4.75. The van der Waals surface area contributed by atoms with Crippen LogP contribution in [0.25, 0.3) is 0 Å². The molecule has 1 aliphatic rings. The van der Waals surface area contributed by atoms with Crippen LogP contribution in [0.5, 0.6) is 0 Å². The Morgan fingerprint density at radius 2 is 2.00 bits per heavy atom. The second kappa shape index (κ2) is 3.35. The Labute approximate surface area is 74.6 Å². The average molecular weight is 172 g/mol. The van der Waals surface area contributed by atoms with E-state index in [-0.39, 0.29) is 12.0 Å². The molecular weight excluding hydrogens is 152 g/mol. The standard InChI is InChI=1S/C10H20O2/c1-7(5-11)9-4-8(6-12)10(9,2)3/h7-9,11-12H,4-6H2,1-3H3. The molecule has 1 fully saturated rings. The van der Waals surface area contributed by atoms with Crippen LogP contribution >= 0.6 is 0 Å². The van der Waals surface area contributed by atoms with Gasteiger partial charge in [0.15, 0.2) is 0 Å². The van der Waals surface area contributed by atoms with Crippen LogP contribution < -0.4 is 0 Å². The van der Waals surface area contributed by atoms with E-state index in [9.17, 15) is 0 Å². The summed E-state index contributed by atoms with van der Waals surface area (Å²) in [4.78, 5) is 0. The van der Waals surface area contributed by atoms with Gasteiger partial charge in [-0.15, -0.1) is 0 Å². The monoisotopic (exact) mass is 172 g/mol. The zero-order valence-corrected chi connectivity index (χ0v) is 8.25. The van der Waals surface area contributed by atoms with Crippen molar-refractivity contribution in [3.8, 4) is 0 Å². The quantitative estimate of drug-likeness (QED) is 0.673. The van der Waals surface area contributed by atoms with Gasteiger partial charge in [-0.2, -0.15) is 0 Å². The molecule has 0 aromatic carbocycles. The van der Waals surface area contributed by atoms with Crippen molar-refractivity contribution in [3.63, 3.8) is 0 Å². The lowest BCUT2D eigenvalue weighted by atomic mass is 9.52. The summed E-state index contributed by atoms with van der Waals surface area (Å²) >= 11 is 0. The summed E-state index contributed by atoms with van der Waals surface area (Å²) in [5.41, 5.74) is 0.219. The van der Waals surface area contributed by atoms with Crippen LogP contribution in [0, 0.1) is 23.2 Å². The minimum atomic E-state index is 0.219. The van der Waals surface area contributed by atoms with Gasteiger partial charge in [-0.05, 0) is 29.6 Å². The molecule has 0 saturated heterocycles. The van der Waals surface area contributed by atoms with Crippen LogP contribution in [0.3, 0.4) is 0 Å². The van der Waals surface area contributed by atoms with Gasteiger partial charge >= 0.3 is 0 Å². The normalized spacial score (nSPS) is 35.8. The molecule has 3 unspecified atom stereocenters. The zero-order valence-electron chi connectivity index (χ0n) is 8.25. The Kier molecular flexibility index (Phi) is 2.79. The first-order valence-corrected chi connectivity index (χ1v) is 4.75. The largest absolute Gasteiger partial charge is 0.396 e. The number of hydrogen-bond donors (Lipinski definition) is 2. The summed E-state index contributed by atoms with van der Waals surface area (Å²) in [5, 5.41) is 18.0. The molecule has 0 aromatic heterocycles. The highest BCUT2D eigenvalue weighted by molar-refractivity contribution is 4.97. The van der Waals surface area contributed by atoms with Crippen molar-refractivity contribution in [1.82, 2.24) is 0 Å². The van der Waals surface area contributed by atoms with Gasteiger partial charge in [0.05, 0.1) is 0 Å². The van der Waals surface area contributed by atoms with Crippen LogP contribution in [0.1, 0.15) is 27.2 Å². The van der Waals surface area contributed by atoms with Crippen molar-refractivity contribution in [3.05, 3.63) is 0 Å². The maximum Gasteiger partial charge on any atom is 0.0464 e. The molecule has 1 saturated carbocycles. The third-order valence-corrected chi connectivity index (χ3v) is 3.74. The lowest BCUT2D eigenvalue weighted by Gasteiger charge is -2.54. The second-order valence-corrected chi connectivity index (χ2v) is 4.70. The van der Waals surface area contributed by atoms with E-state index in [1.54, 1.807) is 0 Å². The highest BCUT2D eigenvalue weighted by Crippen LogP contribution is 2.54. The van der Waals surface area contributed by atoms with Crippen LogP contribution in [-0.4, -0.2) is 23.4 Å². The first kappa shape index (κ1) is 10.0. The topological polar surface area (TPSA) is 40.5 Å². The Morgan fingerprint density at radius 3 is 2.33 bits per heavy atom. The van der Waals surface area contributed by atoms with E-state index in [1.165, 1.54) is 0 Å². The fraction of sp³-hybridized carbons (Fsp3) is 1.00. The molecule has 2 N–H and O–H groups in total. The Hall–Kier alpha value is -0.0800. The van der Waals surface area contributed by atoms with Crippen LogP contribution in [0.4, 0.5) is 0 Å². The lowest BCUT2D eigenvalue weighted by Crippen LogP contribution is -2.50. The maximum absolute atomic E-state index is 9.03. The molecule has 72 valence electrons. The second-order valence-electron chi connectivity index (χ2n) is 4.70. The van der Waals surface area contributed by atoms with Gasteiger partial charge < -0.3 is 10.2 Å². The fourth-order valence-corrected chi connectivity index (χ4v) is 2.46. The van der Waals surface area contributed by atoms with Crippen molar-refractivity contribution in [2.24, 2.45) is 23.2 Å². The van der Waals surface area contributed by atoms with E-state index >= 15 is 0 Å². The van der Waals surface area contributed by atoms with Crippen molar-refractivity contribution in [2.45, 2.75) is 27.2 Å². The van der Waals surface area contributed by atoms with E-state index in [0.717, 1.165) is 6.42 Å². The third-order valence-electron chi connectivity index (χ3n) is 3.74. The molecule has 12 heavy (non-hydrogen) atoms. The predicted octanol–water partition coefficient (Wildman–Crippen LogP) is 1.27. The number of hydrogen-bond acceptors (Lipinski definition) is 2. The van der Waals surface area contributed by atoms with E-state index < -0.39 is 0 Å². The Morgan fingerprint density at radius 1 is 1.42 bits per heavy atom. The molecule has 1 aliphatic carbocycles. The van der Waals surface area contributed by atoms with E-state index in [4.69, 9.17) is 10.2 Å². The lowest BCUT2D eigenvalue weighted by molar-refractivity contribution is -0.0871. The maximum atomic E-state index is 9.03. The van der Waals surface area contributed by atoms with Crippen LogP contribution in [0.15, 0.2) is 0 Å². The smallest absolute Gasteiger partial charge is 0.0464 e. The predicted molar refractivity (Wildman–Crippen MR) is 48.7 cm³/mol. The van der Waals surface area contributed by atoms with Crippen LogP contribution in [-0.2, 0) is 0 Å². The molecule has 2 nitrogen and oxygen atoms in total. The molecule has 3 atom stereocenters. The SMILES string of the molecule is CC(CO)C1CC(CO)C1(C)C. The summed E-state index contributed by atoms with van der Waals surface area (Å²) in [6.45, 7) is 7.02. The molecule has 0 aromatic rings. The Bertz CT molecular complexity index is 154. The molecule has 1 rings (SSSR count). The molecule has 0 radical (unpaired) electrons. The minimum absolute atomic E-state index is 0.219. The van der Waals surface area contributed by atoms with Crippen LogP contribution in [0.2, 0.25) is 0 Å². The van der Waals surface area contributed by atoms with Crippen molar-refractivity contribution in [2.75, 3.05) is 13.2 Å². The van der Waals surface area contributed by atoms with E-state index in [0.29, 0.717) is 24.4 Å². The van der Waals surface area contributed by atoms with Gasteiger partial charge in [0.25, 0.3) is 0 Å². The van der Waals surface area contributed by atoms with Crippen molar-refractivity contribution < 1.29 is 10.2 Å². The summed E-state index contributed by atoms with van der Waals surface area (Å²) in [6.07, 6.45) is 1.07. The summed E-state index contributed by atoms with van der Waals surface area (Å²) < 4.78 is 0. The van der Waals surface area contributed by atoms with Gasteiger partial charge in [0, 0.05) is 13.2 Å². The van der Waals surface area contributed by atoms with Crippen molar-refractivity contribution in [1.29, 1.82) is 0 Å². The van der Waals surface area contributed by atoms with E-state index in [2.05, 4.69) is 20.8 Å². The van der Waals surface area contributed by atoms with Gasteiger partial charge in [-0.3, -0.25) is 0 Å². The minimum Gasteiger partial charge on any atom is -0.396 e. The number of aliphatic hydroxyl groups is 2. The Balaban J connectivity index is 2.52. The molecule has 0 bridgehead atoms. The molecular formula is C10H20O2. The molecule has 2 heteroatoms. The van der Waals surface area contributed by atoms with Gasteiger partial charge in [0.1, 0.15) is 0 Å². The molecule has 0 aliphatic heterocycles. The van der Waals surface area contributed by atoms with E-state index in [1.807, 2.05) is 0 Å². The summed E-state index contributed by atoms with van der Waals surface area (Å²) in [7, 11) is 0. The zero-order chi connectivity index (χ0) is 9.35. The summed E-state index contributed by atoms with van der Waals surface area (Å²) in [5.74, 6) is 1.40. The van der Waals surface area contributed by atoms with Gasteiger partial charge in [-0.1, -0.05) is 20.8 Å². The van der Waals surface area contributed by atoms with Gasteiger partial charge in [0.2, 0.25) is 0 Å². The average Bonchev–Trinajstić information content (AvgIpc) is 2.03.